The van der Waals surface area contributed by atoms with Crippen LogP contribution in [0.25, 0.3) is 0 Å². The first-order chi connectivity index (χ1) is 9.54. The highest BCUT2D eigenvalue weighted by Gasteiger charge is 2.50. The van der Waals surface area contributed by atoms with Crippen molar-refractivity contribution in [3.8, 4) is 0 Å². The molecule has 1 N–H and O–H groups in total. The summed E-state index contributed by atoms with van der Waals surface area (Å²) in [6.45, 7) is 0. The van der Waals surface area contributed by atoms with Crippen molar-refractivity contribution in [1.82, 2.24) is 0 Å². The van der Waals surface area contributed by atoms with Crippen molar-refractivity contribution in [2.75, 3.05) is 0 Å². The molecule has 0 heterocycles. The van der Waals surface area contributed by atoms with Crippen molar-refractivity contribution in [3.05, 3.63) is 33.8 Å². The lowest BCUT2D eigenvalue weighted by atomic mass is 9.58. The standard InChI is InChI=1S/C16H18Cl2O2/c17-12-6-5-10(9-13(12)18)16(7-2-8-16)15(20)11-3-1-4-14(11)19/h5-6,9,11,15,20H,1-4,7-8H2/t11-,15?/m1/s1. The molecule has 2 atom stereocenters. The molecule has 0 spiro atoms. The van der Waals surface area contributed by atoms with E-state index in [9.17, 15) is 9.90 Å². The van der Waals surface area contributed by atoms with Crippen molar-refractivity contribution in [2.24, 2.45) is 5.92 Å². The largest absolute Gasteiger partial charge is 0.391 e. The van der Waals surface area contributed by atoms with Gasteiger partial charge in [-0.3, -0.25) is 4.79 Å². The molecule has 2 aliphatic rings. The van der Waals surface area contributed by atoms with Crippen molar-refractivity contribution < 1.29 is 9.90 Å². The van der Waals surface area contributed by atoms with E-state index in [1.54, 1.807) is 6.07 Å². The maximum atomic E-state index is 11.9. The Bertz CT molecular complexity index is 537. The first kappa shape index (κ1) is 14.4. The number of aliphatic hydroxyl groups excluding tert-OH is 1. The lowest BCUT2D eigenvalue weighted by Gasteiger charge is -2.48. The van der Waals surface area contributed by atoms with Crippen LogP contribution in [0, 0.1) is 5.92 Å². The molecule has 0 amide bonds. The molecule has 108 valence electrons. The molecular formula is C16H18Cl2O2. The van der Waals surface area contributed by atoms with Crippen molar-refractivity contribution in [3.63, 3.8) is 0 Å². The number of ketones is 1. The van der Waals surface area contributed by atoms with E-state index in [4.69, 9.17) is 23.2 Å². The highest BCUT2D eigenvalue weighted by molar-refractivity contribution is 6.42. The van der Waals surface area contributed by atoms with Crippen LogP contribution in [0.3, 0.4) is 0 Å². The molecule has 20 heavy (non-hydrogen) atoms. The van der Waals surface area contributed by atoms with E-state index in [2.05, 4.69) is 0 Å². The van der Waals surface area contributed by atoms with Crippen molar-refractivity contribution in [2.45, 2.75) is 50.0 Å². The van der Waals surface area contributed by atoms with Crippen molar-refractivity contribution >= 4 is 29.0 Å². The second-order valence-corrected chi connectivity index (χ2v) is 6.86. The normalized spacial score (nSPS) is 26.4. The third kappa shape index (κ3) is 2.18. The first-order valence-corrected chi connectivity index (χ1v) is 7.96. The number of carbonyl (C=O) groups is 1. The Morgan fingerprint density at radius 2 is 1.95 bits per heavy atom. The van der Waals surface area contributed by atoms with Gasteiger partial charge in [-0.15, -0.1) is 0 Å². The zero-order valence-corrected chi connectivity index (χ0v) is 12.8. The second-order valence-electron chi connectivity index (χ2n) is 6.05. The molecule has 3 rings (SSSR count). The lowest BCUT2D eigenvalue weighted by molar-refractivity contribution is -0.127. The number of rotatable bonds is 3. The lowest BCUT2D eigenvalue weighted by Crippen LogP contribution is -2.50. The molecule has 2 aliphatic carbocycles. The van der Waals surface area contributed by atoms with Crippen LogP contribution >= 0.6 is 23.2 Å². The van der Waals surface area contributed by atoms with E-state index in [1.807, 2.05) is 12.1 Å². The fourth-order valence-electron chi connectivity index (χ4n) is 3.68. The van der Waals surface area contributed by atoms with Gasteiger partial charge < -0.3 is 5.11 Å². The summed E-state index contributed by atoms with van der Waals surface area (Å²) in [7, 11) is 0. The molecule has 0 bridgehead atoms. The first-order valence-electron chi connectivity index (χ1n) is 7.21. The number of hydrogen-bond donors (Lipinski definition) is 1. The van der Waals surface area contributed by atoms with Crippen LogP contribution in [0.15, 0.2) is 18.2 Å². The van der Waals surface area contributed by atoms with Crippen LogP contribution in [-0.4, -0.2) is 17.0 Å². The van der Waals surface area contributed by atoms with Gasteiger partial charge >= 0.3 is 0 Å². The summed E-state index contributed by atoms with van der Waals surface area (Å²) in [5.74, 6) is 0.00795. The van der Waals surface area contributed by atoms with E-state index >= 15 is 0 Å². The third-order valence-corrected chi connectivity index (χ3v) is 5.78. The molecule has 4 heteroatoms. The van der Waals surface area contributed by atoms with Crippen molar-refractivity contribution in [1.29, 1.82) is 0 Å². The molecule has 1 aromatic rings. The Labute approximate surface area is 129 Å². The zero-order chi connectivity index (χ0) is 14.3. The van der Waals surface area contributed by atoms with Gasteiger partial charge in [-0.1, -0.05) is 35.7 Å². The summed E-state index contributed by atoms with van der Waals surface area (Å²) in [4.78, 5) is 11.9. The van der Waals surface area contributed by atoms with Gasteiger partial charge in [0.25, 0.3) is 0 Å². The summed E-state index contributed by atoms with van der Waals surface area (Å²) in [6, 6.07) is 5.57. The Balaban J connectivity index is 1.94. The maximum absolute atomic E-state index is 11.9. The molecular weight excluding hydrogens is 295 g/mol. The zero-order valence-electron chi connectivity index (χ0n) is 11.2. The molecule has 0 saturated heterocycles. The molecule has 2 saturated carbocycles. The van der Waals surface area contributed by atoms with E-state index in [0.29, 0.717) is 16.5 Å². The SMILES string of the molecule is O=C1CCC[C@H]1C(O)C1(c2ccc(Cl)c(Cl)c2)CCC1. The molecule has 0 radical (unpaired) electrons. The predicted molar refractivity (Wildman–Crippen MR) is 80.3 cm³/mol. The average Bonchev–Trinajstić information content (AvgIpc) is 2.78. The van der Waals surface area contributed by atoms with Crippen LogP contribution in [0.2, 0.25) is 10.0 Å². The third-order valence-electron chi connectivity index (χ3n) is 5.04. The fraction of sp³-hybridized carbons (Fsp3) is 0.562. The van der Waals surface area contributed by atoms with E-state index in [1.165, 1.54) is 0 Å². The molecule has 0 aromatic heterocycles. The number of hydrogen-bond acceptors (Lipinski definition) is 2. The van der Waals surface area contributed by atoms with Gasteiger partial charge in [-0.25, -0.2) is 0 Å². The summed E-state index contributed by atoms with van der Waals surface area (Å²) >= 11 is 12.1. The minimum atomic E-state index is -0.594. The Hall–Kier alpha value is -0.570. The summed E-state index contributed by atoms with van der Waals surface area (Å²) in [5.41, 5.74) is 0.712. The summed E-state index contributed by atoms with van der Waals surface area (Å²) < 4.78 is 0. The Morgan fingerprint density at radius 1 is 1.20 bits per heavy atom. The van der Waals surface area contributed by atoms with E-state index in [0.717, 1.165) is 37.7 Å². The van der Waals surface area contributed by atoms with Crippen LogP contribution in [0.4, 0.5) is 0 Å². The quantitative estimate of drug-likeness (QED) is 0.910. The van der Waals surface area contributed by atoms with Crippen LogP contribution < -0.4 is 0 Å². The molecule has 2 fully saturated rings. The molecule has 0 aliphatic heterocycles. The topological polar surface area (TPSA) is 37.3 Å². The van der Waals surface area contributed by atoms with Gasteiger partial charge in [0.1, 0.15) is 5.78 Å². The van der Waals surface area contributed by atoms with E-state index in [-0.39, 0.29) is 17.1 Å². The minimum absolute atomic E-state index is 0.204. The maximum Gasteiger partial charge on any atom is 0.138 e. The van der Waals surface area contributed by atoms with Gasteiger partial charge in [-0.05, 0) is 43.4 Å². The van der Waals surface area contributed by atoms with Gasteiger partial charge in [0, 0.05) is 17.8 Å². The van der Waals surface area contributed by atoms with Crippen LogP contribution in [0.1, 0.15) is 44.1 Å². The minimum Gasteiger partial charge on any atom is -0.391 e. The highest BCUT2D eigenvalue weighted by Crippen LogP contribution is 2.50. The molecule has 1 unspecified atom stereocenters. The number of aliphatic hydroxyl groups is 1. The number of benzene rings is 1. The molecule has 1 aromatic carbocycles. The monoisotopic (exact) mass is 312 g/mol. The van der Waals surface area contributed by atoms with Crippen LogP contribution in [-0.2, 0) is 10.2 Å². The van der Waals surface area contributed by atoms with Crippen LogP contribution in [0.5, 0.6) is 0 Å². The number of halogens is 2. The number of Topliss-reactive ketones (excluding diaryl/α,β-unsaturated/α-hetero) is 1. The summed E-state index contributed by atoms with van der Waals surface area (Å²) in [5, 5.41) is 11.8. The van der Waals surface area contributed by atoms with E-state index < -0.39 is 6.10 Å². The smallest absolute Gasteiger partial charge is 0.138 e. The number of carbonyl (C=O) groups excluding carboxylic acids is 1. The highest BCUT2D eigenvalue weighted by atomic mass is 35.5. The predicted octanol–water partition coefficient (Wildman–Crippen LogP) is 4.15. The average molecular weight is 313 g/mol. The van der Waals surface area contributed by atoms with Gasteiger partial charge in [0.2, 0.25) is 0 Å². The fourth-order valence-corrected chi connectivity index (χ4v) is 3.98. The molecule has 2 nitrogen and oxygen atoms in total. The summed E-state index contributed by atoms with van der Waals surface area (Å²) in [6.07, 6.45) is 4.63. The van der Waals surface area contributed by atoms with Gasteiger partial charge in [0.05, 0.1) is 16.1 Å². The van der Waals surface area contributed by atoms with Gasteiger partial charge in [0.15, 0.2) is 0 Å². The Morgan fingerprint density at radius 3 is 2.45 bits per heavy atom. The second kappa shape index (κ2) is 5.32. The Kier molecular flexibility index (Phi) is 3.83. The van der Waals surface area contributed by atoms with Gasteiger partial charge in [-0.2, -0.15) is 0 Å².